The fourth-order valence-electron chi connectivity index (χ4n) is 0.353. The molecule has 3 nitrogen and oxygen atoms in total. The number of hydrogen-bond donors (Lipinski definition) is 0. The van der Waals surface area contributed by atoms with Crippen LogP contribution in [0, 0.1) is 0 Å². The van der Waals surface area contributed by atoms with Gasteiger partial charge in [0.25, 0.3) is 0 Å². The van der Waals surface area contributed by atoms with Crippen molar-refractivity contribution in [2.75, 3.05) is 7.05 Å². The Morgan fingerprint density at radius 2 is 2.44 bits per heavy atom. The fourth-order valence-corrected chi connectivity index (χ4v) is 1.05. The first-order valence-corrected chi connectivity index (χ1v) is 3.38. The average molecular weight is 163 g/mol. The molecule has 48 valence electrons. The number of halogens is 1. The summed E-state index contributed by atoms with van der Waals surface area (Å²) < 4.78 is 5.37. The highest BCUT2D eigenvalue weighted by atomic mass is 35.5. The Morgan fingerprint density at radius 1 is 1.78 bits per heavy atom. The van der Waals surface area contributed by atoms with Gasteiger partial charge in [0.1, 0.15) is 0 Å². The SMILES string of the molecule is C=[N+](C)c1nc(Cl)ns1. The average Bonchev–Trinajstić information content (AvgIpc) is 2.14. The molecule has 0 aliphatic rings. The summed E-state index contributed by atoms with van der Waals surface area (Å²) in [6, 6.07) is 0. The van der Waals surface area contributed by atoms with E-state index >= 15 is 0 Å². The number of hydrogen-bond acceptors (Lipinski definition) is 3. The van der Waals surface area contributed by atoms with E-state index in [-0.39, 0.29) is 5.28 Å². The van der Waals surface area contributed by atoms with Crippen LogP contribution in [0.15, 0.2) is 0 Å². The molecular formula is C4H5ClN3S+. The molecule has 0 N–H and O–H groups in total. The quantitative estimate of drug-likeness (QED) is 0.458. The van der Waals surface area contributed by atoms with Gasteiger partial charge in [-0.1, -0.05) is 0 Å². The maximum absolute atomic E-state index is 5.44. The van der Waals surface area contributed by atoms with Crippen LogP contribution in [0.3, 0.4) is 0 Å². The molecule has 0 fully saturated rings. The maximum atomic E-state index is 5.44. The summed E-state index contributed by atoms with van der Waals surface area (Å²) >= 11 is 6.67. The van der Waals surface area contributed by atoms with Crippen LogP contribution in [0.25, 0.3) is 0 Å². The van der Waals surface area contributed by atoms with Crippen molar-refractivity contribution in [1.82, 2.24) is 9.36 Å². The van der Waals surface area contributed by atoms with Crippen LogP contribution in [0.4, 0.5) is 5.13 Å². The van der Waals surface area contributed by atoms with Gasteiger partial charge in [-0.2, -0.15) is 0 Å². The third-order valence-electron chi connectivity index (χ3n) is 0.717. The highest BCUT2D eigenvalue weighted by molar-refractivity contribution is 7.09. The van der Waals surface area contributed by atoms with E-state index in [1.54, 1.807) is 11.6 Å². The molecule has 0 bridgehead atoms. The first kappa shape index (κ1) is 6.64. The fraction of sp³-hybridized carbons (Fsp3) is 0.250. The second kappa shape index (κ2) is 2.41. The van der Waals surface area contributed by atoms with E-state index in [4.69, 9.17) is 11.6 Å². The van der Waals surface area contributed by atoms with Crippen molar-refractivity contribution in [3.8, 4) is 0 Å². The van der Waals surface area contributed by atoms with Crippen molar-refractivity contribution < 1.29 is 4.58 Å². The molecule has 0 saturated heterocycles. The molecule has 0 spiro atoms. The van der Waals surface area contributed by atoms with Crippen molar-refractivity contribution in [1.29, 1.82) is 0 Å². The normalized spacial score (nSPS) is 9.56. The van der Waals surface area contributed by atoms with Gasteiger partial charge in [0, 0.05) is 4.98 Å². The van der Waals surface area contributed by atoms with Crippen LogP contribution in [0.2, 0.25) is 5.28 Å². The van der Waals surface area contributed by atoms with Crippen molar-refractivity contribution in [3.05, 3.63) is 5.28 Å². The predicted molar refractivity (Wildman–Crippen MR) is 37.9 cm³/mol. The second-order valence-corrected chi connectivity index (χ2v) is 2.61. The molecular weight excluding hydrogens is 158 g/mol. The predicted octanol–water partition coefficient (Wildman–Crippen LogP) is 1.17. The summed E-state index contributed by atoms with van der Waals surface area (Å²) in [5.41, 5.74) is 0. The molecule has 0 saturated carbocycles. The largest absolute Gasteiger partial charge is 0.402 e. The van der Waals surface area contributed by atoms with Crippen LogP contribution in [-0.2, 0) is 0 Å². The minimum Gasteiger partial charge on any atom is -0.230 e. The monoisotopic (exact) mass is 162 g/mol. The molecule has 1 heterocycles. The molecule has 0 radical (unpaired) electrons. The van der Waals surface area contributed by atoms with Crippen molar-refractivity contribution >= 4 is 35.0 Å². The zero-order chi connectivity index (χ0) is 6.85. The molecule has 1 aromatic rings. The summed E-state index contributed by atoms with van der Waals surface area (Å²) in [5, 5.41) is 1.01. The van der Waals surface area contributed by atoms with Gasteiger partial charge in [0.05, 0.1) is 25.3 Å². The van der Waals surface area contributed by atoms with E-state index in [1.807, 2.05) is 0 Å². The summed E-state index contributed by atoms with van der Waals surface area (Å²) in [7, 11) is 1.79. The van der Waals surface area contributed by atoms with E-state index in [0.29, 0.717) is 0 Å². The lowest BCUT2D eigenvalue weighted by Crippen LogP contribution is -1.89. The minimum absolute atomic E-state index is 0.283. The molecule has 0 aromatic carbocycles. The molecule has 0 atom stereocenters. The maximum Gasteiger partial charge on any atom is 0.402 e. The van der Waals surface area contributed by atoms with E-state index in [1.165, 1.54) is 11.5 Å². The summed E-state index contributed by atoms with van der Waals surface area (Å²) in [5.74, 6) is 0. The second-order valence-electron chi connectivity index (χ2n) is 1.54. The van der Waals surface area contributed by atoms with Gasteiger partial charge < -0.3 is 0 Å². The van der Waals surface area contributed by atoms with Crippen LogP contribution < -0.4 is 0 Å². The zero-order valence-electron chi connectivity index (χ0n) is 4.83. The van der Waals surface area contributed by atoms with Gasteiger partial charge in [0.2, 0.25) is 0 Å². The van der Waals surface area contributed by atoms with Gasteiger partial charge in [-0.3, -0.25) is 0 Å². The van der Waals surface area contributed by atoms with E-state index in [2.05, 4.69) is 16.1 Å². The Bertz CT molecular complexity index is 231. The Hall–Kier alpha value is -0.480. The third-order valence-corrected chi connectivity index (χ3v) is 1.82. The number of nitrogens with zero attached hydrogens (tertiary/aromatic N) is 3. The topological polar surface area (TPSA) is 28.8 Å². The Morgan fingerprint density at radius 3 is 2.67 bits per heavy atom. The number of rotatable bonds is 1. The molecule has 1 rings (SSSR count). The van der Waals surface area contributed by atoms with Crippen molar-refractivity contribution in [2.24, 2.45) is 0 Å². The van der Waals surface area contributed by atoms with E-state index in [0.717, 1.165) is 5.13 Å². The lowest BCUT2D eigenvalue weighted by atomic mass is 11.0. The molecule has 0 unspecified atom stereocenters. The van der Waals surface area contributed by atoms with Gasteiger partial charge in [-0.25, -0.2) is 4.58 Å². The van der Waals surface area contributed by atoms with Crippen molar-refractivity contribution in [2.45, 2.75) is 0 Å². The summed E-state index contributed by atoms with van der Waals surface area (Å²) in [6.45, 7) is 3.60. The summed E-state index contributed by atoms with van der Waals surface area (Å²) in [6.07, 6.45) is 0. The lowest BCUT2D eigenvalue weighted by molar-refractivity contribution is -0.394. The molecule has 0 amide bonds. The molecule has 5 heteroatoms. The standard InChI is InChI=1S/C4H5ClN3S/c1-8(2)4-6-3(5)7-9-4/h1H2,2H3/q+1. The van der Waals surface area contributed by atoms with Crippen LogP contribution in [0.5, 0.6) is 0 Å². The molecule has 1 aromatic heterocycles. The van der Waals surface area contributed by atoms with Crippen LogP contribution in [-0.4, -0.2) is 27.7 Å². The smallest absolute Gasteiger partial charge is 0.230 e. The minimum atomic E-state index is 0.283. The van der Waals surface area contributed by atoms with E-state index < -0.39 is 0 Å². The molecule has 9 heavy (non-hydrogen) atoms. The van der Waals surface area contributed by atoms with E-state index in [9.17, 15) is 0 Å². The third kappa shape index (κ3) is 1.46. The first-order chi connectivity index (χ1) is 4.20. The van der Waals surface area contributed by atoms with Gasteiger partial charge in [-0.05, 0) is 11.6 Å². The Kier molecular flexibility index (Phi) is 1.78. The van der Waals surface area contributed by atoms with Crippen LogP contribution >= 0.6 is 23.1 Å². The lowest BCUT2D eigenvalue weighted by Gasteiger charge is -1.79. The van der Waals surface area contributed by atoms with Gasteiger partial charge >= 0.3 is 10.4 Å². The highest BCUT2D eigenvalue weighted by Crippen LogP contribution is 2.14. The Balaban J connectivity index is 2.98. The van der Waals surface area contributed by atoms with Crippen LogP contribution in [0.1, 0.15) is 0 Å². The summed E-state index contributed by atoms with van der Waals surface area (Å²) in [4.78, 5) is 3.85. The van der Waals surface area contributed by atoms with Crippen molar-refractivity contribution in [3.63, 3.8) is 0 Å². The molecule has 0 aliphatic heterocycles. The molecule has 0 aliphatic carbocycles. The highest BCUT2D eigenvalue weighted by Gasteiger charge is 2.10. The Labute approximate surface area is 61.8 Å². The first-order valence-electron chi connectivity index (χ1n) is 2.23. The number of aromatic nitrogens is 2. The van der Waals surface area contributed by atoms with Gasteiger partial charge in [0.15, 0.2) is 0 Å². The zero-order valence-corrected chi connectivity index (χ0v) is 6.41. The van der Waals surface area contributed by atoms with Gasteiger partial charge in [-0.15, -0.1) is 4.37 Å².